The van der Waals surface area contributed by atoms with Crippen molar-refractivity contribution in [2.75, 3.05) is 5.32 Å². The highest BCUT2D eigenvalue weighted by atomic mass is 16.2. The first-order valence-corrected chi connectivity index (χ1v) is 10.6. The Labute approximate surface area is 174 Å². The molecule has 2 aliphatic heterocycles. The number of aromatic nitrogens is 5. The van der Waals surface area contributed by atoms with Gasteiger partial charge in [-0.1, -0.05) is 0 Å². The number of anilines is 1. The molecule has 152 valence electrons. The summed E-state index contributed by atoms with van der Waals surface area (Å²) in [5, 5.41) is 7.82. The van der Waals surface area contributed by atoms with Crippen molar-refractivity contribution in [3.05, 3.63) is 54.2 Å². The van der Waals surface area contributed by atoms with Crippen LogP contribution in [0.1, 0.15) is 43.0 Å². The molecule has 0 spiro atoms. The number of carbonyl (C=O) groups excluding carboxylic acids is 1. The Morgan fingerprint density at radius 1 is 1.10 bits per heavy atom. The number of fused-ring (bicyclic) bond motifs is 4. The number of nitrogens with one attached hydrogen (secondary N) is 1. The molecule has 1 saturated carbocycles. The predicted molar refractivity (Wildman–Crippen MR) is 110 cm³/mol. The number of hydrogen-bond donors (Lipinski definition) is 1. The molecule has 0 aromatic carbocycles. The SMILES string of the molecule is O=C(Cn1cccn1)N1[C@H]2CC[C@H]1c1c(nc(-c3ccncc3)nc1NC1CC1)C2. The number of pyridine rings is 1. The first-order chi connectivity index (χ1) is 14.8. The van der Waals surface area contributed by atoms with E-state index >= 15 is 0 Å². The van der Waals surface area contributed by atoms with Gasteiger partial charge in [0, 0.05) is 54.4 Å². The minimum atomic E-state index is 0.0366. The van der Waals surface area contributed by atoms with Crippen molar-refractivity contribution >= 4 is 11.7 Å². The van der Waals surface area contributed by atoms with Gasteiger partial charge in [0.05, 0.1) is 11.7 Å². The fraction of sp³-hybridized carbons (Fsp3) is 0.409. The minimum Gasteiger partial charge on any atom is -0.367 e. The monoisotopic (exact) mass is 401 g/mol. The van der Waals surface area contributed by atoms with Crippen LogP contribution < -0.4 is 5.32 Å². The van der Waals surface area contributed by atoms with Crippen LogP contribution in [-0.4, -0.2) is 47.6 Å². The number of carbonyl (C=O) groups is 1. The standard InChI is InChI=1S/C22H23N7O/c30-19(13-28-11-1-8-24-28)29-16-4-5-18(29)20-17(12-16)26-21(14-6-9-23-10-7-14)27-22(20)25-15-2-3-15/h1,6-11,15-16,18H,2-5,12-13H2,(H,25,26,27)/t16-,18-/m0/s1. The predicted octanol–water partition coefficient (Wildman–Crippen LogP) is 2.60. The zero-order chi connectivity index (χ0) is 20.1. The van der Waals surface area contributed by atoms with Crippen LogP contribution in [0.15, 0.2) is 43.0 Å². The van der Waals surface area contributed by atoms with E-state index in [0.29, 0.717) is 6.04 Å². The van der Waals surface area contributed by atoms with E-state index in [1.807, 2.05) is 24.4 Å². The lowest BCUT2D eigenvalue weighted by Crippen LogP contribution is -2.44. The molecule has 1 N–H and O–H groups in total. The lowest BCUT2D eigenvalue weighted by atomic mass is 9.97. The zero-order valence-corrected chi connectivity index (χ0v) is 16.6. The van der Waals surface area contributed by atoms with Crippen molar-refractivity contribution in [3.8, 4) is 11.4 Å². The van der Waals surface area contributed by atoms with Gasteiger partial charge in [-0.2, -0.15) is 5.10 Å². The summed E-state index contributed by atoms with van der Waals surface area (Å²) in [6, 6.07) is 6.44. The lowest BCUT2D eigenvalue weighted by Gasteiger charge is -2.37. The quantitative estimate of drug-likeness (QED) is 0.707. The molecule has 30 heavy (non-hydrogen) atoms. The van der Waals surface area contributed by atoms with Crippen molar-refractivity contribution in [1.29, 1.82) is 0 Å². The van der Waals surface area contributed by atoms with Gasteiger partial charge >= 0.3 is 0 Å². The molecule has 0 unspecified atom stereocenters. The molecule has 1 saturated heterocycles. The van der Waals surface area contributed by atoms with Gasteiger partial charge in [0.25, 0.3) is 0 Å². The molecule has 8 nitrogen and oxygen atoms in total. The largest absolute Gasteiger partial charge is 0.367 e. The molecule has 1 aliphatic carbocycles. The topological polar surface area (TPSA) is 88.8 Å². The summed E-state index contributed by atoms with van der Waals surface area (Å²) in [6.07, 6.45) is 12.1. The highest BCUT2D eigenvalue weighted by Gasteiger charge is 2.45. The second-order valence-corrected chi connectivity index (χ2v) is 8.37. The molecule has 2 atom stereocenters. The maximum atomic E-state index is 13.2. The average Bonchev–Trinajstić information content (AvgIpc) is 3.32. The summed E-state index contributed by atoms with van der Waals surface area (Å²) >= 11 is 0. The first kappa shape index (κ1) is 17.6. The Kier molecular flexibility index (Phi) is 4.04. The third-order valence-corrected chi connectivity index (χ3v) is 6.29. The average molecular weight is 401 g/mol. The maximum Gasteiger partial charge on any atom is 0.245 e. The van der Waals surface area contributed by atoms with Crippen LogP contribution in [0, 0.1) is 0 Å². The van der Waals surface area contributed by atoms with Crippen molar-refractivity contribution in [1.82, 2.24) is 29.6 Å². The molecular formula is C22H23N7O. The summed E-state index contributed by atoms with van der Waals surface area (Å²) in [5.74, 6) is 1.75. The molecule has 3 aromatic rings. The molecule has 3 aliphatic rings. The molecule has 6 rings (SSSR count). The van der Waals surface area contributed by atoms with E-state index in [2.05, 4.69) is 20.3 Å². The second-order valence-electron chi connectivity index (χ2n) is 8.37. The van der Waals surface area contributed by atoms with Gasteiger partial charge in [-0.25, -0.2) is 9.97 Å². The van der Waals surface area contributed by atoms with E-state index in [1.165, 1.54) is 12.8 Å². The fourth-order valence-electron chi connectivity index (χ4n) is 4.76. The number of rotatable bonds is 5. The molecule has 2 fully saturated rings. The van der Waals surface area contributed by atoms with Gasteiger partial charge in [0.2, 0.25) is 5.91 Å². The van der Waals surface area contributed by atoms with Crippen LogP contribution in [0.4, 0.5) is 5.82 Å². The van der Waals surface area contributed by atoms with E-state index in [9.17, 15) is 4.79 Å². The minimum absolute atomic E-state index is 0.0366. The maximum absolute atomic E-state index is 13.2. The number of hydrogen-bond acceptors (Lipinski definition) is 6. The van der Waals surface area contributed by atoms with Gasteiger partial charge in [-0.15, -0.1) is 0 Å². The van der Waals surface area contributed by atoms with Crippen LogP contribution in [0.2, 0.25) is 0 Å². The summed E-state index contributed by atoms with van der Waals surface area (Å²) in [4.78, 5) is 29.2. The van der Waals surface area contributed by atoms with Crippen LogP contribution in [0.25, 0.3) is 11.4 Å². The van der Waals surface area contributed by atoms with E-state index in [4.69, 9.17) is 9.97 Å². The molecule has 8 heteroatoms. The Hall–Kier alpha value is -3.29. The highest BCUT2D eigenvalue weighted by Crippen LogP contribution is 2.46. The van der Waals surface area contributed by atoms with E-state index in [0.717, 1.165) is 47.7 Å². The highest BCUT2D eigenvalue weighted by molar-refractivity contribution is 5.78. The van der Waals surface area contributed by atoms with Crippen LogP contribution in [0.5, 0.6) is 0 Å². The van der Waals surface area contributed by atoms with Gasteiger partial charge in [-0.05, 0) is 43.9 Å². The molecule has 1 amide bonds. The Bertz CT molecular complexity index is 1080. The van der Waals surface area contributed by atoms with Gasteiger partial charge in [-0.3, -0.25) is 14.5 Å². The van der Waals surface area contributed by atoms with Crippen molar-refractivity contribution in [3.63, 3.8) is 0 Å². The molecular weight excluding hydrogens is 378 g/mol. The smallest absolute Gasteiger partial charge is 0.245 e. The summed E-state index contributed by atoms with van der Waals surface area (Å²) in [7, 11) is 0. The zero-order valence-electron chi connectivity index (χ0n) is 16.6. The van der Waals surface area contributed by atoms with Crippen LogP contribution in [0.3, 0.4) is 0 Å². The Morgan fingerprint density at radius 2 is 1.97 bits per heavy atom. The number of amides is 1. The summed E-state index contributed by atoms with van der Waals surface area (Å²) < 4.78 is 1.70. The molecule has 3 aromatic heterocycles. The first-order valence-electron chi connectivity index (χ1n) is 10.6. The Morgan fingerprint density at radius 3 is 2.73 bits per heavy atom. The van der Waals surface area contributed by atoms with E-state index in [1.54, 1.807) is 23.3 Å². The third-order valence-electron chi connectivity index (χ3n) is 6.29. The normalized spacial score (nSPS) is 22.1. The van der Waals surface area contributed by atoms with E-state index < -0.39 is 0 Å². The Balaban J connectivity index is 1.39. The molecule has 0 radical (unpaired) electrons. The fourth-order valence-corrected chi connectivity index (χ4v) is 4.76. The van der Waals surface area contributed by atoms with Crippen LogP contribution in [-0.2, 0) is 17.8 Å². The van der Waals surface area contributed by atoms with Crippen LogP contribution >= 0.6 is 0 Å². The van der Waals surface area contributed by atoms with Crippen molar-refractivity contribution in [2.24, 2.45) is 0 Å². The van der Waals surface area contributed by atoms with E-state index in [-0.39, 0.29) is 24.5 Å². The third kappa shape index (κ3) is 3.03. The summed E-state index contributed by atoms with van der Waals surface area (Å²) in [6.45, 7) is 0.274. The molecule has 2 bridgehead atoms. The summed E-state index contributed by atoms with van der Waals surface area (Å²) in [5.41, 5.74) is 3.16. The lowest BCUT2D eigenvalue weighted by molar-refractivity contribution is -0.135. The van der Waals surface area contributed by atoms with Gasteiger partial charge in [0.1, 0.15) is 12.4 Å². The van der Waals surface area contributed by atoms with Gasteiger partial charge < -0.3 is 10.2 Å². The second kappa shape index (κ2) is 6.90. The molecule has 5 heterocycles. The number of nitrogens with zero attached hydrogens (tertiary/aromatic N) is 6. The van der Waals surface area contributed by atoms with Gasteiger partial charge in [0.15, 0.2) is 5.82 Å². The van der Waals surface area contributed by atoms with Crippen molar-refractivity contribution in [2.45, 2.75) is 56.8 Å². The van der Waals surface area contributed by atoms with Crippen molar-refractivity contribution < 1.29 is 4.79 Å².